The van der Waals surface area contributed by atoms with Gasteiger partial charge in [0.05, 0.1) is 17.3 Å². The Balaban J connectivity index is 1.16. The molecule has 2 atom stereocenters. The fourth-order valence-corrected chi connectivity index (χ4v) is 6.45. The topological polar surface area (TPSA) is 151 Å². The van der Waals surface area contributed by atoms with Gasteiger partial charge in [0.15, 0.2) is 11.5 Å². The smallest absolute Gasteiger partial charge is 0.489 e. The number of carbonyl (C=O) groups is 2. The molecule has 4 aliphatic rings. The quantitative estimate of drug-likeness (QED) is 0.245. The van der Waals surface area contributed by atoms with E-state index in [9.17, 15) is 27.9 Å². The normalized spacial score (nSPS) is 22.8. The van der Waals surface area contributed by atoms with Gasteiger partial charge in [0, 0.05) is 41.1 Å². The molecule has 2 aromatic carbocycles. The van der Waals surface area contributed by atoms with Crippen LogP contribution in [0.2, 0.25) is 5.02 Å². The van der Waals surface area contributed by atoms with Crippen molar-refractivity contribution in [3.63, 3.8) is 0 Å². The van der Waals surface area contributed by atoms with E-state index in [-0.39, 0.29) is 58.3 Å². The van der Waals surface area contributed by atoms with Gasteiger partial charge in [-0.2, -0.15) is 5.10 Å². The van der Waals surface area contributed by atoms with Crippen molar-refractivity contribution in [1.29, 1.82) is 0 Å². The largest absolute Gasteiger partial charge is 0.586 e. The van der Waals surface area contributed by atoms with Crippen molar-refractivity contribution >= 4 is 34.3 Å². The number of primary amides is 1. The second kappa shape index (κ2) is 9.73. The zero-order valence-corrected chi connectivity index (χ0v) is 25.5. The Kier molecular flexibility index (Phi) is 6.18. The molecule has 4 N–H and O–H groups in total. The monoisotopic (exact) mass is 669 g/mol. The fraction of sp³-hybridized carbons (Fsp3) is 0.375. The lowest BCUT2D eigenvalue weighted by Crippen LogP contribution is -2.44. The van der Waals surface area contributed by atoms with Crippen molar-refractivity contribution in [2.75, 3.05) is 13.2 Å². The molecule has 0 saturated heterocycles. The molecule has 8 rings (SSSR count). The third-order valence-electron chi connectivity index (χ3n) is 9.40. The van der Waals surface area contributed by atoms with E-state index in [1.165, 1.54) is 35.1 Å². The van der Waals surface area contributed by atoms with Crippen molar-refractivity contribution in [2.45, 2.75) is 55.7 Å². The number of amides is 2. The molecule has 47 heavy (non-hydrogen) atoms. The Bertz CT molecular complexity index is 2030. The second-order valence-corrected chi connectivity index (χ2v) is 13.2. The maximum Gasteiger partial charge on any atom is 0.586 e. The van der Waals surface area contributed by atoms with Crippen molar-refractivity contribution in [3.05, 3.63) is 64.4 Å². The number of hydrogen-bond donors (Lipinski definition) is 3. The van der Waals surface area contributed by atoms with Gasteiger partial charge in [0.1, 0.15) is 34.6 Å². The van der Waals surface area contributed by atoms with Gasteiger partial charge < -0.3 is 30.4 Å². The van der Waals surface area contributed by atoms with Gasteiger partial charge in [-0.25, -0.2) is 14.1 Å². The van der Waals surface area contributed by atoms with Gasteiger partial charge in [-0.3, -0.25) is 9.59 Å². The SMILES string of the molecule is C[C@]1(C(N)=O)COc2c1cc(C(O)(CNC(=O)c1cc(Cl)c3nn(C4(F)CC4)cc3c1)C1CC1)nc2-c1ccc2c(c1)OC(F)(F)O2. The molecular formula is C32H27ClF3N5O6. The summed E-state index contributed by atoms with van der Waals surface area (Å²) in [6.07, 6.45) is -0.378. The average molecular weight is 670 g/mol. The van der Waals surface area contributed by atoms with E-state index >= 15 is 0 Å². The maximum absolute atomic E-state index is 14.6. The zero-order chi connectivity index (χ0) is 33.1. The van der Waals surface area contributed by atoms with Crippen LogP contribution in [-0.2, 0) is 21.6 Å². The van der Waals surface area contributed by atoms with Crippen LogP contribution in [0.1, 0.15) is 54.2 Å². The van der Waals surface area contributed by atoms with Crippen molar-refractivity contribution in [2.24, 2.45) is 11.7 Å². The standard InChI is InChI=1S/C32H27ClF3N5O6/c1-29(28(37)43)14-45-26-19(29)11-23(39-25(26)15-2-5-21-22(10-15)47-32(35,36)46-21)31(44,18-3-4-18)13-38-27(42)16-8-17-12-41(30(34)6-7-30)40-24(17)20(33)9-16/h2,5,8-12,18,44H,3-4,6-7,13-14H2,1H3,(H2,37,43)(H,38,42)/t29-,31?/m0/s1. The highest BCUT2D eigenvalue weighted by atomic mass is 35.5. The lowest BCUT2D eigenvalue weighted by atomic mass is 9.81. The van der Waals surface area contributed by atoms with Crippen LogP contribution in [0.5, 0.6) is 17.2 Å². The minimum atomic E-state index is -3.84. The first-order chi connectivity index (χ1) is 22.2. The summed E-state index contributed by atoms with van der Waals surface area (Å²) in [6, 6.07) is 8.60. The third kappa shape index (κ3) is 4.75. The lowest BCUT2D eigenvalue weighted by molar-refractivity contribution is -0.286. The summed E-state index contributed by atoms with van der Waals surface area (Å²) in [5.41, 5.74) is 4.27. The molecule has 0 radical (unpaired) electrons. The number of nitrogens with one attached hydrogen (secondary N) is 1. The molecule has 11 nitrogen and oxygen atoms in total. The molecule has 244 valence electrons. The molecule has 15 heteroatoms. The van der Waals surface area contributed by atoms with Gasteiger partial charge in [0.25, 0.3) is 5.91 Å². The molecule has 4 heterocycles. The van der Waals surface area contributed by atoms with Crippen LogP contribution in [-0.4, -0.2) is 51.1 Å². The molecule has 1 unspecified atom stereocenters. The predicted octanol–water partition coefficient (Wildman–Crippen LogP) is 4.65. The number of aliphatic hydroxyl groups is 1. The van der Waals surface area contributed by atoms with E-state index in [1.54, 1.807) is 19.1 Å². The molecule has 2 saturated carbocycles. The van der Waals surface area contributed by atoms with E-state index in [0.29, 0.717) is 47.7 Å². The molecule has 2 aliphatic heterocycles. The second-order valence-electron chi connectivity index (χ2n) is 12.8. The first-order valence-corrected chi connectivity index (χ1v) is 15.3. The van der Waals surface area contributed by atoms with Gasteiger partial charge >= 0.3 is 6.29 Å². The van der Waals surface area contributed by atoms with Crippen LogP contribution in [0.4, 0.5) is 13.2 Å². The number of benzene rings is 2. The van der Waals surface area contributed by atoms with Crippen LogP contribution < -0.4 is 25.3 Å². The first-order valence-electron chi connectivity index (χ1n) is 15.0. The fourth-order valence-electron chi connectivity index (χ4n) is 6.18. The van der Waals surface area contributed by atoms with E-state index < -0.39 is 34.9 Å². The number of pyridine rings is 1. The van der Waals surface area contributed by atoms with E-state index in [0.717, 1.165) is 0 Å². The predicted molar refractivity (Wildman–Crippen MR) is 160 cm³/mol. The Morgan fingerprint density at radius 1 is 1.15 bits per heavy atom. The summed E-state index contributed by atoms with van der Waals surface area (Å²) in [7, 11) is 0. The van der Waals surface area contributed by atoms with Crippen LogP contribution in [0, 0.1) is 5.92 Å². The molecule has 2 aromatic heterocycles. The highest BCUT2D eigenvalue weighted by Gasteiger charge is 2.51. The molecule has 2 aliphatic carbocycles. The summed E-state index contributed by atoms with van der Waals surface area (Å²) >= 11 is 6.42. The minimum Gasteiger partial charge on any atom is -0.489 e. The number of carbonyl (C=O) groups excluding carboxylic acids is 2. The van der Waals surface area contributed by atoms with Crippen LogP contribution >= 0.6 is 11.6 Å². The van der Waals surface area contributed by atoms with Gasteiger partial charge in [-0.1, -0.05) is 11.6 Å². The highest BCUT2D eigenvalue weighted by molar-refractivity contribution is 6.35. The van der Waals surface area contributed by atoms with Crippen LogP contribution in [0.3, 0.4) is 0 Å². The van der Waals surface area contributed by atoms with Crippen molar-refractivity contribution in [1.82, 2.24) is 20.1 Å². The molecule has 4 aromatic rings. The van der Waals surface area contributed by atoms with E-state index in [4.69, 9.17) is 27.1 Å². The lowest BCUT2D eigenvalue weighted by Gasteiger charge is -2.30. The van der Waals surface area contributed by atoms with Gasteiger partial charge in [-0.05, 0) is 62.1 Å². The average Bonchev–Trinajstić information content (AvgIpc) is 3.91. The van der Waals surface area contributed by atoms with Crippen molar-refractivity contribution < 1.29 is 42.1 Å². The number of rotatable bonds is 8. The highest BCUT2D eigenvalue weighted by Crippen LogP contribution is 2.51. The molecule has 0 spiro atoms. The van der Waals surface area contributed by atoms with Crippen molar-refractivity contribution in [3.8, 4) is 28.5 Å². The molecule has 0 bridgehead atoms. The summed E-state index contributed by atoms with van der Waals surface area (Å²) in [5, 5.41) is 19.9. The molecule has 2 fully saturated rings. The minimum absolute atomic E-state index is 0.111. The Labute approximate surface area is 269 Å². The maximum atomic E-state index is 14.6. The third-order valence-corrected chi connectivity index (χ3v) is 9.69. The molecular weight excluding hydrogens is 643 g/mol. The Morgan fingerprint density at radius 3 is 2.60 bits per heavy atom. The number of ether oxygens (including phenoxy) is 3. The number of halogens is 4. The molecule has 2 amide bonds. The summed E-state index contributed by atoms with van der Waals surface area (Å²) in [4.78, 5) is 30.8. The summed E-state index contributed by atoms with van der Waals surface area (Å²) in [6.45, 7) is 1.22. The number of nitrogens with zero attached hydrogens (tertiary/aromatic N) is 3. The summed E-state index contributed by atoms with van der Waals surface area (Å²) in [5.74, 6) is -3.28. The Hall–Kier alpha value is -4.56. The van der Waals surface area contributed by atoms with Crippen LogP contribution in [0.25, 0.3) is 22.2 Å². The van der Waals surface area contributed by atoms with Crippen LogP contribution in [0.15, 0.2) is 42.6 Å². The van der Waals surface area contributed by atoms with Gasteiger partial charge in [0.2, 0.25) is 11.7 Å². The van der Waals surface area contributed by atoms with E-state index in [2.05, 4.69) is 19.9 Å². The Morgan fingerprint density at radius 2 is 1.89 bits per heavy atom. The number of fused-ring (bicyclic) bond motifs is 3. The van der Waals surface area contributed by atoms with Gasteiger partial charge in [-0.15, -0.1) is 8.78 Å². The number of hydrogen-bond acceptors (Lipinski definition) is 8. The van der Waals surface area contributed by atoms with E-state index in [1.807, 2.05) is 0 Å². The number of alkyl halides is 3. The summed E-state index contributed by atoms with van der Waals surface area (Å²) < 4.78 is 58.5. The zero-order valence-electron chi connectivity index (χ0n) is 24.8. The number of aromatic nitrogens is 3. The number of nitrogens with two attached hydrogens (primary N) is 1. The first kappa shape index (κ1) is 29.8.